The van der Waals surface area contributed by atoms with Crippen molar-refractivity contribution < 1.29 is 19.4 Å². The van der Waals surface area contributed by atoms with Crippen LogP contribution >= 0.6 is 11.6 Å². The van der Waals surface area contributed by atoms with Gasteiger partial charge in [-0.05, 0) is 43.3 Å². The average Bonchev–Trinajstić information content (AvgIpc) is 2.43. The number of carboxylic acid groups (broad SMARTS) is 1. The fraction of sp³-hybridized carbons (Fsp3) is 0.133. The molecule has 1 unspecified atom stereocenters. The highest BCUT2D eigenvalue weighted by molar-refractivity contribution is 6.33. The number of rotatable bonds is 4. The molecule has 0 aliphatic carbocycles. The molecule has 0 saturated heterocycles. The Morgan fingerprint density at radius 3 is 2.67 bits per heavy atom. The highest BCUT2D eigenvalue weighted by Crippen LogP contribution is 2.29. The normalized spacial score (nSPS) is 12.0. The molecule has 0 aliphatic rings. The largest absolute Gasteiger partial charge is 0.508 e. The minimum Gasteiger partial charge on any atom is -0.508 e. The lowest BCUT2D eigenvalue weighted by Gasteiger charge is -2.17. The maximum atomic E-state index is 13.2. The van der Waals surface area contributed by atoms with Crippen LogP contribution in [0.5, 0.6) is 5.75 Å². The molecule has 0 saturated carbocycles. The summed E-state index contributed by atoms with van der Waals surface area (Å²) in [5.74, 6) is -1.63. The lowest BCUT2D eigenvalue weighted by Crippen LogP contribution is -2.08. The average molecular weight is 310 g/mol. The molecule has 0 amide bonds. The van der Waals surface area contributed by atoms with Crippen molar-refractivity contribution in [3.8, 4) is 5.75 Å². The Labute approximate surface area is 125 Å². The first kappa shape index (κ1) is 15.1. The van der Waals surface area contributed by atoms with Crippen LogP contribution in [0.1, 0.15) is 28.9 Å². The van der Waals surface area contributed by atoms with Crippen LogP contribution in [0.3, 0.4) is 0 Å². The molecule has 0 fully saturated rings. The molecule has 2 rings (SSSR count). The lowest BCUT2D eigenvalue weighted by atomic mass is 10.1. The van der Waals surface area contributed by atoms with E-state index in [9.17, 15) is 14.3 Å². The zero-order valence-electron chi connectivity index (χ0n) is 11.1. The number of hydrogen-bond acceptors (Lipinski definition) is 3. The predicted octanol–water partition coefficient (Wildman–Crippen LogP) is 4.06. The van der Waals surface area contributed by atoms with Gasteiger partial charge >= 0.3 is 5.97 Å². The number of nitrogens with one attached hydrogen (secondary N) is 1. The molecule has 2 aromatic carbocycles. The summed E-state index contributed by atoms with van der Waals surface area (Å²) in [5.41, 5.74) is 0.854. The Balaban J connectivity index is 2.27. The zero-order valence-corrected chi connectivity index (χ0v) is 11.9. The first-order valence-corrected chi connectivity index (χ1v) is 6.54. The number of benzene rings is 2. The van der Waals surface area contributed by atoms with Crippen molar-refractivity contribution >= 4 is 23.3 Å². The quantitative estimate of drug-likeness (QED) is 0.796. The third-order valence-corrected chi connectivity index (χ3v) is 3.37. The van der Waals surface area contributed by atoms with E-state index >= 15 is 0 Å². The molecular weight excluding hydrogens is 297 g/mol. The second-order valence-electron chi connectivity index (χ2n) is 4.57. The van der Waals surface area contributed by atoms with Crippen LogP contribution in [0, 0.1) is 5.82 Å². The zero-order chi connectivity index (χ0) is 15.6. The van der Waals surface area contributed by atoms with Crippen LogP contribution < -0.4 is 5.32 Å². The predicted molar refractivity (Wildman–Crippen MR) is 78.5 cm³/mol. The van der Waals surface area contributed by atoms with Crippen molar-refractivity contribution in [2.24, 2.45) is 0 Å². The standard InChI is InChI=1S/C15H13ClFNO3/c1-8(11-6-9(17)2-5-14(11)19)18-10-3-4-13(16)12(7-10)15(20)21/h2-8,18-19H,1H3,(H,20,21). The van der Waals surface area contributed by atoms with Crippen molar-refractivity contribution in [3.05, 3.63) is 58.4 Å². The number of hydrogen-bond donors (Lipinski definition) is 3. The molecule has 0 spiro atoms. The van der Waals surface area contributed by atoms with Gasteiger partial charge in [-0.15, -0.1) is 0 Å². The number of aromatic hydroxyl groups is 1. The number of carboxylic acids is 1. The summed E-state index contributed by atoms with van der Waals surface area (Å²) in [7, 11) is 0. The summed E-state index contributed by atoms with van der Waals surface area (Å²) < 4.78 is 13.2. The van der Waals surface area contributed by atoms with Gasteiger partial charge in [-0.3, -0.25) is 0 Å². The Morgan fingerprint density at radius 1 is 1.29 bits per heavy atom. The van der Waals surface area contributed by atoms with Gasteiger partial charge in [-0.2, -0.15) is 0 Å². The van der Waals surface area contributed by atoms with E-state index in [1.165, 1.54) is 24.3 Å². The van der Waals surface area contributed by atoms with Crippen molar-refractivity contribution in [3.63, 3.8) is 0 Å². The van der Waals surface area contributed by atoms with Crippen molar-refractivity contribution in [1.29, 1.82) is 0 Å². The first-order valence-electron chi connectivity index (χ1n) is 6.16. The summed E-state index contributed by atoms with van der Waals surface area (Å²) in [5, 5.41) is 21.9. The van der Waals surface area contributed by atoms with E-state index in [4.69, 9.17) is 16.7 Å². The third kappa shape index (κ3) is 3.44. The first-order chi connectivity index (χ1) is 9.88. The van der Waals surface area contributed by atoms with Gasteiger partial charge in [0.05, 0.1) is 16.6 Å². The second kappa shape index (κ2) is 6.01. The van der Waals surface area contributed by atoms with Crippen LogP contribution in [-0.2, 0) is 0 Å². The highest BCUT2D eigenvalue weighted by Gasteiger charge is 2.14. The lowest BCUT2D eigenvalue weighted by molar-refractivity contribution is 0.0697. The fourth-order valence-corrected chi connectivity index (χ4v) is 2.18. The molecule has 2 aromatic rings. The summed E-state index contributed by atoms with van der Waals surface area (Å²) in [6, 6.07) is 7.71. The summed E-state index contributed by atoms with van der Waals surface area (Å²) in [6.07, 6.45) is 0. The SMILES string of the molecule is CC(Nc1ccc(Cl)c(C(=O)O)c1)c1cc(F)ccc1O. The molecule has 0 heterocycles. The molecule has 21 heavy (non-hydrogen) atoms. The van der Waals surface area contributed by atoms with Crippen LogP contribution in [0.4, 0.5) is 10.1 Å². The molecule has 3 N–H and O–H groups in total. The van der Waals surface area contributed by atoms with Gasteiger partial charge < -0.3 is 15.5 Å². The van der Waals surface area contributed by atoms with E-state index in [2.05, 4.69) is 5.32 Å². The number of phenols is 1. The molecule has 0 bridgehead atoms. The fourth-order valence-electron chi connectivity index (χ4n) is 1.98. The monoisotopic (exact) mass is 309 g/mol. The summed E-state index contributed by atoms with van der Waals surface area (Å²) in [6.45, 7) is 1.73. The highest BCUT2D eigenvalue weighted by atomic mass is 35.5. The van der Waals surface area contributed by atoms with Gasteiger partial charge in [0.1, 0.15) is 11.6 Å². The minimum atomic E-state index is -1.13. The van der Waals surface area contributed by atoms with Crippen molar-refractivity contribution in [2.45, 2.75) is 13.0 Å². The molecule has 0 aliphatic heterocycles. The second-order valence-corrected chi connectivity index (χ2v) is 4.98. The van der Waals surface area contributed by atoms with Crippen molar-refractivity contribution in [1.82, 2.24) is 0 Å². The Morgan fingerprint density at radius 2 is 2.00 bits per heavy atom. The molecular formula is C15H13ClFNO3. The van der Waals surface area contributed by atoms with Crippen LogP contribution in [0.15, 0.2) is 36.4 Å². The van der Waals surface area contributed by atoms with Gasteiger partial charge in [0.25, 0.3) is 0 Å². The van der Waals surface area contributed by atoms with Gasteiger partial charge in [-0.1, -0.05) is 11.6 Å². The topological polar surface area (TPSA) is 69.6 Å². The van der Waals surface area contributed by atoms with Gasteiger partial charge in [-0.25, -0.2) is 9.18 Å². The van der Waals surface area contributed by atoms with E-state index in [1.807, 2.05) is 0 Å². The maximum Gasteiger partial charge on any atom is 0.337 e. The summed E-state index contributed by atoms with van der Waals surface area (Å²) in [4.78, 5) is 11.0. The number of anilines is 1. The van der Waals surface area contributed by atoms with Crippen molar-refractivity contribution in [2.75, 3.05) is 5.32 Å². The van der Waals surface area contributed by atoms with E-state index in [1.54, 1.807) is 13.0 Å². The van der Waals surface area contributed by atoms with Crippen LogP contribution in [-0.4, -0.2) is 16.2 Å². The number of carbonyl (C=O) groups is 1. The van der Waals surface area contributed by atoms with Gasteiger partial charge in [0.2, 0.25) is 0 Å². The number of phenolic OH excluding ortho intramolecular Hbond substituents is 1. The number of aromatic carboxylic acids is 1. The van der Waals surface area contributed by atoms with Gasteiger partial charge in [0, 0.05) is 11.3 Å². The Hall–Kier alpha value is -2.27. The number of halogens is 2. The van der Waals surface area contributed by atoms with E-state index < -0.39 is 17.8 Å². The van der Waals surface area contributed by atoms with E-state index in [0.717, 1.165) is 6.07 Å². The molecule has 6 heteroatoms. The Bertz CT molecular complexity index is 691. The molecule has 1 atom stereocenters. The molecule has 4 nitrogen and oxygen atoms in total. The smallest absolute Gasteiger partial charge is 0.337 e. The third-order valence-electron chi connectivity index (χ3n) is 3.04. The van der Waals surface area contributed by atoms with Crippen LogP contribution in [0.2, 0.25) is 5.02 Å². The molecule has 110 valence electrons. The van der Waals surface area contributed by atoms with E-state index in [0.29, 0.717) is 11.3 Å². The Kier molecular flexibility index (Phi) is 4.33. The minimum absolute atomic E-state index is 0.0302. The maximum absolute atomic E-state index is 13.2. The molecule has 0 radical (unpaired) electrons. The summed E-state index contributed by atoms with van der Waals surface area (Å²) >= 11 is 5.79. The van der Waals surface area contributed by atoms with E-state index in [-0.39, 0.29) is 16.3 Å². The van der Waals surface area contributed by atoms with Crippen LogP contribution in [0.25, 0.3) is 0 Å². The van der Waals surface area contributed by atoms with Gasteiger partial charge in [0.15, 0.2) is 0 Å². The molecule has 0 aromatic heterocycles.